The fourth-order valence-electron chi connectivity index (χ4n) is 3.81. The van der Waals surface area contributed by atoms with E-state index in [1.807, 2.05) is 25.1 Å². The predicted octanol–water partition coefficient (Wildman–Crippen LogP) is 4.11. The standard InChI is InChI=1S/C23H25N3O4S/c1-14-5-4-6-19-20(14)24-23(31-19)25-21(27)15-7-9-26(10-8-15)22(28)16-11-17(29-2)13-18(12-16)30-3/h4-6,11-13,15H,7-10H2,1-3H3,(H,24,25,27). The van der Waals surface area contributed by atoms with E-state index in [0.29, 0.717) is 48.1 Å². The molecule has 0 atom stereocenters. The Balaban J connectivity index is 1.38. The maximum atomic E-state index is 12.9. The normalized spacial score (nSPS) is 14.5. The predicted molar refractivity (Wildman–Crippen MR) is 121 cm³/mol. The van der Waals surface area contributed by atoms with Crippen molar-refractivity contribution in [2.75, 3.05) is 32.6 Å². The zero-order chi connectivity index (χ0) is 22.0. The number of thiazole rings is 1. The number of carbonyl (C=O) groups is 2. The Kier molecular flexibility index (Phi) is 6.08. The van der Waals surface area contributed by atoms with Crippen molar-refractivity contribution in [1.29, 1.82) is 0 Å². The monoisotopic (exact) mass is 439 g/mol. The van der Waals surface area contributed by atoms with Gasteiger partial charge in [-0.3, -0.25) is 9.59 Å². The van der Waals surface area contributed by atoms with Gasteiger partial charge in [-0.2, -0.15) is 0 Å². The maximum absolute atomic E-state index is 12.9. The SMILES string of the molecule is COc1cc(OC)cc(C(=O)N2CCC(C(=O)Nc3nc4c(C)cccc4s3)CC2)c1. The van der Waals surface area contributed by atoms with Crippen molar-refractivity contribution in [3.05, 3.63) is 47.5 Å². The number of para-hydroxylation sites is 1. The van der Waals surface area contributed by atoms with Crippen LogP contribution < -0.4 is 14.8 Å². The number of aryl methyl sites for hydroxylation is 1. The van der Waals surface area contributed by atoms with E-state index in [0.717, 1.165) is 15.8 Å². The van der Waals surface area contributed by atoms with Crippen molar-refractivity contribution in [2.45, 2.75) is 19.8 Å². The summed E-state index contributed by atoms with van der Waals surface area (Å²) in [5.41, 5.74) is 2.54. The summed E-state index contributed by atoms with van der Waals surface area (Å²) in [7, 11) is 3.11. The Morgan fingerprint density at radius 2 is 1.77 bits per heavy atom. The number of ether oxygens (including phenoxy) is 2. The van der Waals surface area contributed by atoms with Crippen LogP contribution in [0.25, 0.3) is 10.2 Å². The number of anilines is 1. The highest BCUT2D eigenvalue weighted by Crippen LogP contribution is 2.29. The van der Waals surface area contributed by atoms with Crippen molar-refractivity contribution in [3.63, 3.8) is 0 Å². The average molecular weight is 440 g/mol. The van der Waals surface area contributed by atoms with Gasteiger partial charge >= 0.3 is 0 Å². The van der Waals surface area contributed by atoms with Gasteiger partial charge in [-0.25, -0.2) is 4.98 Å². The molecule has 0 aliphatic carbocycles. The molecule has 1 N–H and O–H groups in total. The molecule has 1 aliphatic rings. The van der Waals surface area contributed by atoms with Gasteiger partial charge in [0.25, 0.3) is 5.91 Å². The van der Waals surface area contributed by atoms with Crippen molar-refractivity contribution < 1.29 is 19.1 Å². The summed E-state index contributed by atoms with van der Waals surface area (Å²) >= 11 is 1.48. The van der Waals surface area contributed by atoms with E-state index in [1.165, 1.54) is 11.3 Å². The van der Waals surface area contributed by atoms with E-state index in [2.05, 4.69) is 10.3 Å². The molecule has 1 saturated heterocycles. The molecule has 1 aromatic heterocycles. The molecular weight excluding hydrogens is 414 g/mol. The third kappa shape index (κ3) is 4.49. The molecule has 2 amide bonds. The van der Waals surface area contributed by atoms with Crippen LogP contribution in [0.4, 0.5) is 5.13 Å². The number of hydrogen-bond donors (Lipinski definition) is 1. The second-order valence-electron chi connectivity index (χ2n) is 7.60. The highest BCUT2D eigenvalue weighted by Gasteiger charge is 2.28. The summed E-state index contributed by atoms with van der Waals surface area (Å²) in [6.45, 7) is 3.06. The summed E-state index contributed by atoms with van der Waals surface area (Å²) in [4.78, 5) is 32.0. The van der Waals surface area contributed by atoms with Crippen LogP contribution in [0.1, 0.15) is 28.8 Å². The fourth-order valence-corrected chi connectivity index (χ4v) is 4.75. The average Bonchev–Trinajstić information content (AvgIpc) is 3.22. The minimum absolute atomic E-state index is 0.0353. The number of fused-ring (bicyclic) bond motifs is 1. The van der Waals surface area contributed by atoms with E-state index in [1.54, 1.807) is 37.3 Å². The number of methoxy groups -OCH3 is 2. The van der Waals surface area contributed by atoms with Crippen molar-refractivity contribution in [2.24, 2.45) is 5.92 Å². The Bertz CT molecular complexity index is 1100. The number of nitrogens with zero attached hydrogens (tertiary/aromatic N) is 2. The van der Waals surface area contributed by atoms with Crippen LogP contribution in [-0.2, 0) is 4.79 Å². The molecule has 0 saturated carbocycles. The third-order valence-electron chi connectivity index (χ3n) is 5.60. The smallest absolute Gasteiger partial charge is 0.254 e. The van der Waals surface area contributed by atoms with Gasteiger partial charge in [0.1, 0.15) is 11.5 Å². The van der Waals surface area contributed by atoms with E-state index in [9.17, 15) is 9.59 Å². The number of benzene rings is 2. The zero-order valence-corrected chi connectivity index (χ0v) is 18.6. The first kappa shape index (κ1) is 21.1. The Hall–Kier alpha value is -3.13. The second-order valence-corrected chi connectivity index (χ2v) is 8.63. The van der Waals surface area contributed by atoms with Crippen LogP contribution >= 0.6 is 11.3 Å². The molecule has 1 aliphatic heterocycles. The first-order valence-corrected chi connectivity index (χ1v) is 11.0. The van der Waals surface area contributed by atoms with E-state index in [-0.39, 0.29) is 17.7 Å². The van der Waals surface area contributed by atoms with Gasteiger partial charge in [-0.15, -0.1) is 0 Å². The molecule has 0 unspecified atom stereocenters. The third-order valence-corrected chi connectivity index (χ3v) is 6.54. The topological polar surface area (TPSA) is 80.8 Å². The lowest BCUT2D eigenvalue weighted by molar-refractivity contribution is -0.121. The lowest BCUT2D eigenvalue weighted by Crippen LogP contribution is -2.41. The molecule has 0 spiro atoms. The lowest BCUT2D eigenvalue weighted by atomic mass is 9.95. The molecule has 31 heavy (non-hydrogen) atoms. The highest BCUT2D eigenvalue weighted by molar-refractivity contribution is 7.22. The Morgan fingerprint density at radius 3 is 2.39 bits per heavy atom. The number of hydrogen-bond acceptors (Lipinski definition) is 6. The van der Waals surface area contributed by atoms with Gasteiger partial charge in [0.15, 0.2) is 5.13 Å². The van der Waals surface area contributed by atoms with Crippen LogP contribution in [0.15, 0.2) is 36.4 Å². The molecular formula is C23H25N3O4S. The van der Waals surface area contributed by atoms with E-state index in [4.69, 9.17) is 9.47 Å². The zero-order valence-electron chi connectivity index (χ0n) is 17.8. The lowest BCUT2D eigenvalue weighted by Gasteiger charge is -2.31. The summed E-state index contributed by atoms with van der Waals surface area (Å²) < 4.78 is 11.6. The first-order chi connectivity index (χ1) is 15.0. The Labute approximate surface area is 185 Å². The van der Waals surface area contributed by atoms with Crippen LogP contribution in [-0.4, -0.2) is 49.0 Å². The largest absolute Gasteiger partial charge is 0.497 e. The van der Waals surface area contributed by atoms with E-state index < -0.39 is 0 Å². The van der Waals surface area contributed by atoms with Gasteiger partial charge in [-0.05, 0) is 43.5 Å². The number of amides is 2. The Morgan fingerprint density at radius 1 is 1.10 bits per heavy atom. The molecule has 1 fully saturated rings. The number of rotatable bonds is 5. The minimum atomic E-state index is -0.142. The maximum Gasteiger partial charge on any atom is 0.254 e. The van der Waals surface area contributed by atoms with Crippen molar-refractivity contribution in [3.8, 4) is 11.5 Å². The number of nitrogens with one attached hydrogen (secondary N) is 1. The van der Waals surface area contributed by atoms with Crippen LogP contribution in [0.2, 0.25) is 0 Å². The molecule has 2 heterocycles. The summed E-state index contributed by atoms with van der Waals surface area (Å²) in [5, 5.41) is 3.59. The molecule has 0 radical (unpaired) electrons. The first-order valence-electron chi connectivity index (χ1n) is 10.2. The number of likely N-dealkylation sites (tertiary alicyclic amines) is 1. The summed E-state index contributed by atoms with van der Waals surface area (Å²) in [6, 6.07) is 11.2. The van der Waals surface area contributed by atoms with Gasteiger partial charge in [0.05, 0.1) is 24.4 Å². The van der Waals surface area contributed by atoms with Crippen molar-refractivity contribution in [1.82, 2.24) is 9.88 Å². The number of aromatic nitrogens is 1. The number of piperidine rings is 1. The van der Waals surface area contributed by atoms with E-state index >= 15 is 0 Å². The molecule has 0 bridgehead atoms. The second kappa shape index (κ2) is 8.93. The van der Waals surface area contributed by atoms with Gasteiger partial charge in [0, 0.05) is 30.6 Å². The minimum Gasteiger partial charge on any atom is -0.497 e. The molecule has 8 heteroatoms. The molecule has 7 nitrogen and oxygen atoms in total. The fraction of sp³-hybridized carbons (Fsp3) is 0.348. The molecule has 3 aromatic rings. The number of carbonyl (C=O) groups excluding carboxylic acids is 2. The van der Waals surface area contributed by atoms with Crippen molar-refractivity contribution >= 4 is 38.5 Å². The van der Waals surface area contributed by atoms with Gasteiger partial charge < -0.3 is 19.7 Å². The van der Waals surface area contributed by atoms with Crippen LogP contribution in [0.5, 0.6) is 11.5 Å². The quantitative estimate of drug-likeness (QED) is 0.647. The van der Waals surface area contributed by atoms with Gasteiger partial charge in [0.2, 0.25) is 5.91 Å². The summed E-state index contributed by atoms with van der Waals surface area (Å²) in [6.07, 6.45) is 1.23. The molecule has 4 rings (SSSR count). The molecule has 2 aromatic carbocycles. The van der Waals surface area contributed by atoms with Crippen LogP contribution in [0, 0.1) is 12.8 Å². The summed E-state index contributed by atoms with van der Waals surface area (Å²) in [5.74, 6) is 0.882. The van der Waals surface area contributed by atoms with Crippen LogP contribution in [0.3, 0.4) is 0 Å². The molecule has 162 valence electrons. The highest BCUT2D eigenvalue weighted by atomic mass is 32.1. The van der Waals surface area contributed by atoms with Gasteiger partial charge in [-0.1, -0.05) is 23.5 Å².